The smallest absolute Gasteiger partial charge is 0.270 e. The van der Waals surface area contributed by atoms with Gasteiger partial charge in [-0.15, -0.1) is 0 Å². The number of fused-ring (bicyclic) bond motifs is 3. The summed E-state index contributed by atoms with van der Waals surface area (Å²) in [6.45, 7) is 3.32. The standard InChI is InChI=1S/C30H29FN6O5S/c1-18-6-9-23(31)24(14-18)34-27-21(15-32-26-20(16-33-37(26)27)28(38)35-43(40,41)19-7-8-19)29(39)36-12-10-30(11-13-36)17-42-25-5-3-2-4-22(25)30/h2-6,9,14-16,19,34H,7-8,10-13,17H2,1H3,(H,35,38). The Balaban J connectivity index is 1.23. The molecule has 222 valence electrons. The fourth-order valence-electron chi connectivity index (χ4n) is 5.92. The summed E-state index contributed by atoms with van der Waals surface area (Å²) >= 11 is 0. The van der Waals surface area contributed by atoms with Crippen LogP contribution in [0.3, 0.4) is 0 Å². The first-order valence-corrected chi connectivity index (χ1v) is 15.7. The van der Waals surface area contributed by atoms with E-state index < -0.39 is 27.0 Å². The summed E-state index contributed by atoms with van der Waals surface area (Å²) in [4.78, 5) is 33.0. The van der Waals surface area contributed by atoms with E-state index in [0.29, 0.717) is 45.4 Å². The van der Waals surface area contributed by atoms with Crippen molar-refractivity contribution >= 4 is 39.0 Å². The molecular weight excluding hydrogens is 575 g/mol. The third kappa shape index (κ3) is 4.77. The second-order valence-electron chi connectivity index (χ2n) is 11.5. The zero-order chi connectivity index (χ0) is 29.9. The van der Waals surface area contributed by atoms with Crippen LogP contribution in [0.2, 0.25) is 0 Å². The number of hydrogen-bond acceptors (Lipinski definition) is 8. The van der Waals surface area contributed by atoms with E-state index >= 15 is 0 Å². The molecule has 43 heavy (non-hydrogen) atoms. The maximum Gasteiger partial charge on any atom is 0.270 e. The lowest BCUT2D eigenvalue weighted by atomic mass is 9.74. The third-order valence-electron chi connectivity index (χ3n) is 8.54. The summed E-state index contributed by atoms with van der Waals surface area (Å²) in [6.07, 6.45) is 4.92. The fraction of sp³-hybridized carbons (Fsp3) is 0.333. The van der Waals surface area contributed by atoms with Crippen LogP contribution in [0.25, 0.3) is 5.65 Å². The number of aromatic nitrogens is 3. The second kappa shape index (κ2) is 10.0. The number of nitrogens with one attached hydrogen (secondary N) is 2. The molecule has 2 fully saturated rings. The quantitative estimate of drug-likeness (QED) is 0.340. The number of benzene rings is 2. The highest BCUT2D eigenvalue weighted by molar-refractivity contribution is 7.91. The Kier molecular flexibility index (Phi) is 6.38. The van der Waals surface area contributed by atoms with Gasteiger partial charge in [0, 0.05) is 30.3 Å². The van der Waals surface area contributed by atoms with Crippen LogP contribution in [-0.2, 0) is 15.4 Å². The van der Waals surface area contributed by atoms with Gasteiger partial charge in [0.25, 0.3) is 11.8 Å². The van der Waals surface area contributed by atoms with Crippen LogP contribution < -0.4 is 14.8 Å². The Labute approximate surface area is 247 Å². The Bertz CT molecular complexity index is 1900. The number of ether oxygens (including phenoxy) is 1. The van der Waals surface area contributed by atoms with Crippen molar-refractivity contribution in [2.45, 2.75) is 43.3 Å². The van der Waals surface area contributed by atoms with Gasteiger partial charge in [0.2, 0.25) is 10.0 Å². The number of rotatable bonds is 6. The number of amides is 2. The summed E-state index contributed by atoms with van der Waals surface area (Å²) in [6, 6.07) is 12.5. The van der Waals surface area contributed by atoms with E-state index in [2.05, 4.69) is 26.2 Å². The third-order valence-corrected chi connectivity index (χ3v) is 10.4. The van der Waals surface area contributed by atoms with Crippen molar-refractivity contribution < 1.29 is 27.1 Å². The fourth-order valence-corrected chi connectivity index (χ4v) is 7.21. The van der Waals surface area contributed by atoms with Gasteiger partial charge in [0.15, 0.2) is 5.65 Å². The minimum Gasteiger partial charge on any atom is -0.492 e. The monoisotopic (exact) mass is 604 g/mol. The maximum atomic E-state index is 14.9. The number of para-hydroxylation sites is 1. The summed E-state index contributed by atoms with van der Waals surface area (Å²) < 4.78 is 49.0. The minimum absolute atomic E-state index is 0.0212. The highest BCUT2D eigenvalue weighted by atomic mass is 32.2. The molecule has 2 amide bonds. The topological polar surface area (TPSA) is 135 Å². The van der Waals surface area contributed by atoms with Crippen molar-refractivity contribution in [1.82, 2.24) is 24.2 Å². The van der Waals surface area contributed by atoms with Crippen LogP contribution >= 0.6 is 0 Å². The van der Waals surface area contributed by atoms with Crippen molar-refractivity contribution in [2.75, 3.05) is 25.0 Å². The number of aryl methyl sites for hydroxylation is 1. The summed E-state index contributed by atoms with van der Waals surface area (Å²) in [5.74, 6) is -0.758. The first-order valence-electron chi connectivity index (χ1n) is 14.1. The summed E-state index contributed by atoms with van der Waals surface area (Å²) in [5.41, 5.74) is 1.96. The molecule has 1 saturated heterocycles. The molecule has 2 N–H and O–H groups in total. The average molecular weight is 605 g/mol. The van der Waals surface area contributed by atoms with Gasteiger partial charge >= 0.3 is 0 Å². The molecular formula is C30H29FN6O5S. The van der Waals surface area contributed by atoms with Crippen LogP contribution in [-0.4, -0.2) is 64.7 Å². The van der Waals surface area contributed by atoms with Gasteiger partial charge in [0.05, 0.1) is 23.7 Å². The van der Waals surface area contributed by atoms with Crippen molar-refractivity contribution in [3.05, 3.63) is 82.9 Å². The van der Waals surface area contributed by atoms with Crippen LogP contribution in [0.4, 0.5) is 15.9 Å². The first kappa shape index (κ1) is 27.3. The number of carbonyl (C=O) groups is 2. The van der Waals surface area contributed by atoms with Gasteiger partial charge in [-0.3, -0.25) is 9.59 Å². The number of sulfonamides is 1. The number of likely N-dealkylation sites (tertiary alicyclic amines) is 1. The maximum absolute atomic E-state index is 14.9. The molecule has 2 aromatic carbocycles. The molecule has 2 aliphatic heterocycles. The van der Waals surface area contributed by atoms with Gasteiger partial charge in [-0.05, 0) is 56.4 Å². The van der Waals surface area contributed by atoms with E-state index in [9.17, 15) is 22.4 Å². The molecule has 3 aliphatic rings. The molecule has 13 heteroatoms. The van der Waals surface area contributed by atoms with Crippen LogP contribution in [0.1, 0.15) is 57.5 Å². The molecule has 0 atom stereocenters. The van der Waals surface area contributed by atoms with Crippen molar-refractivity contribution in [3.8, 4) is 5.75 Å². The zero-order valence-electron chi connectivity index (χ0n) is 23.3. The molecule has 7 rings (SSSR count). The highest BCUT2D eigenvalue weighted by Crippen LogP contribution is 2.45. The van der Waals surface area contributed by atoms with E-state index in [1.54, 1.807) is 17.0 Å². The molecule has 1 aliphatic carbocycles. The van der Waals surface area contributed by atoms with Crippen molar-refractivity contribution in [3.63, 3.8) is 0 Å². The normalized spacial score (nSPS) is 17.5. The van der Waals surface area contributed by atoms with Gasteiger partial charge in [-0.1, -0.05) is 24.3 Å². The lowest BCUT2D eigenvalue weighted by Crippen LogP contribution is -2.46. The lowest BCUT2D eigenvalue weighted by molar-refractivity contribution is 0.0646. The molecule has 1 saturated carbocycles. The number of piperidine rings is 1. The molecule has 4 heterocycles. The molecule has 0 bridgehead atoms. The van der Waals surface area contributed by atoms with E-state index in [1.165, 1.54) is 23.0 Å². The zero-order valence-corrected chi connectivity index (χ0v) is 24.2. The van der Waals surface area contributed by atoms with Gasteiger partial charge in [-0.2, -0.15) is 9.61 Å². The molecule has 2 aromatic heterocycles. The SMILES string of the molecule is Cc1ccc(F)c(Nc2c(C(=O)N3CCC4(CC3)COc3ccccc34)cnc3c(C(=O)NS(=O)(=O)C4CC4)cnn23)c1. The van der Waals surface area contributed by atoms with E-state index in [-0.39, 0.29) is 39.6 Å². The Morgan fingerprint density at radius 1 is 1.07 bits per heavy atom. The predicted molar refractivity (Wildman–Crippen MR) is 156 cm³/mol. The van der Waals surface area contributed by atoms with E-state index in [1.807, 2.05) is 25.1 Å². The Morgan fingerprint density at radius 2 is 1.84 bits per heavy atom. The molecule has 11 nitrogen and oxygen atoms in total. The lowest BCUT2D eigenvalue weighted by Gasteiger charge is -2.38. The van der Waals surface area contributed by atoms with Gasteiger partial charge < -0.3 is 15.0 Å². The number of carbonyl (C=O) groups excluding carboxylic acids is 2. The number of hydrogen-bond donors (Lipinski definition) is 2. The van der Waals surface area contributed by atoms with Crippen LogP contribution in [0.15, 0.2) is 54.9 Å². The average Bonchev–Trinajstić information content (AvgIpc) is 3.69. The Morgan fingerprint density at radius 3 is 2.60 bits per heavy atom. The second-order valence-corrected chi connectivity index (χ2v) is 13.4. The number of halogens is 1. The predicted octanol–water partition coefficient (Wildman–Crippen LogP) is 3.71. The minimum atomic E-state index is -3.81. The van der Waals surface area contributed by atoms with Crippen LogP contribution in [0, 0.1) is 12.7 Å². The van der Waals surface area contributed by atoms with Crippen molar-refractivity contribution in [2.24, 2.45) is 0 Å². The largest absolute Gasteiger partial charge is 0.492 e. The number of nitrogens with zero attached hydrogens (tertiary/aromatic N) is 4. The summed E-state index contributed by atoms with van der Waals surface area (Å²) in [7, 11) is -3.81. The molecule has 1 spiro atoms. The van der Waals surface area contributed by atoms with Gasteiger partial charge in [0.1, 0.15) is 28.5 Å². The molecule has 4 aromatic rings. The Hall–Kier alpha value is -4.52. The molecule has 0 radical (unpaired) electrons. The highest BCUT2D eigenvalue weighted by Gasteiger charge is 2.44. The first-order chi connectivity index (χ1) is 20.6. The number of anilines is 2. The van der Waals surface area contributed by atoms with E-state index in [0.717, 1.165) is 16.9 Å². The van der Waals surface area contributed by atoms with Gasteiger partial charge in [-0.25, -0.2) is 22.5 Å². The molecule has 0 unspecified atom stereocenters. The van der Waals surface area contributed by atoms with E-state index in [4.69, 9.17) is 4.74 Å². The van der Waals surface area contributed by atoms with Crippen molar-refractivity contribution in [1.29, 1.82) is 0 Å². The van der Waals surface area contributed by atoms with Crippen LogP contribution in [0.5, 0.6) is 5.75 Å². The summed E-state index contributed by atoms with van der Waals surface area (Å²) in [5, 5.41) is 6.69.